The summed E-state index contributed by atoms with van der Waals surface area (Å²) in [6, 6.07) is 8.13. The van der Waals surface area contributed by atoms with Crippen LogP contribution in [0.2, 0.25) is 5.15 Å². The van der Waals surface area contributed by atoms with E-state index in [9.17, 15) is 10.1 Å². The first kappa shape index (κ1) is 12.6. The second-order valence-corrected chi connectivity index (χ2v) is 4.69. The normalized spacial score (nSPS) is 10.9. The molecule has 6 nitrogen and oxygen atoms in total. The smallest absolute Gasteiger partial charge is 0.267 e. The Balaban J connectivity index is 2.30. The molecule has 2 aromatic heterocycles. The lowest BCUT2D eigenvalue weighted by atomic mass is 10.1. The monoisotopic (exact) mass is 288 g/mol. The van der Waals surface area contributed by atoms with Gasteiger partial charge in [0.15, 0.2) is 0 Å². The van der Waals surface area contributed by atoms with Crippen molar-refractivity contribution in [2.24, 2.45) is 7.05 Å². The number of fused-ring (bicyclic) bond motifs is 1. The number of non-ortho nitro benzene ring substituents is 1. The van der Waals surface area contributed by atoms with E-state index in [4.69, 9.17) is 11.6 Å². The van der Waals surface area contributed by atoms with Crippen molar-refractivity contribution in [2.45, 2.75) is 0 Å². The van der Waals surface area contributed by atoms with Gasteiger partial charge in [0, 0.05) is 36.3 Å². The van der Waals surface area contributed by atoms with Crippen LogP contribution in [0.25, 0.3) is 22.2 Å². The van der Waals surface area contributed by atoms with Crippen molar-refractivity contribution in [1.82, 2.24) is 14.8 Å². The molecule has 0 aliphatic carbocycles. The molecule has 0 saturated heterocycles. The lowest BCUT2D eigenvalue weighted by molar-refractivity contribution is -0.384. The van der Waals surface area contributed by atoms with Gasteiger partial charge in [0.25, 0.3) is 5.69 Å². The third kappa shape index (κ3) is 2.00. The van der Waals surface area contributed by atoms with Gasteiger partial charge >= 0.3 is 0 Å². The van der Waals surface area contributed by atoms with Gasteiger partial charge in [0.1, 0.15) is 10.8 Å². The Morgan fingerprint density at radius 2 is 2.10 bits per heavy atom. The Labute approximate surface area is 118 Å². The molecule has 0 aliphatic heterocycles. The zero-order valence-electron chi connectivity index (χ0n) is 10.4. The molecule has 0 unspecified atom stereocenters. The van der Waals surface area contributed by atoms with E-state index in [1.165, 1.54) is 12.1 Å². The van der Waals surface area contributed by atoms with E-state index in [0.29, 0.717) is 16.2 Å². The first-order valence-electron chi connectivity index (χ1n) is 5.79. The van der Waals surface area contributed by atoms with Gasteiger partial charge in [-0.1, -0.05) is 11.6 Å². The first-order valence-corrected chi connectivity index (χ1v) is 6.17. The number of nitrogens with zero attached hydrogens (tertiary/aromatic N) is 4. The third-order valence-electron chi connectivity index (χ3n) is 3.04. The molecule has 3 aromatic rings. The van der Waals surface area contributed by atoms with Crippen molar-refractivity contribution >= 4 is 28.2 Å². The Bertz CT molecular complexity index is 828. The molecular weight excluding hydrogens is 280 g/mol. The Morgan fingerprint density at radius 3 is 2.80 bits per heavy atom. The van der Waals surface area contributed by atoms with E-state index in [1.807, 2.05) is 0 Å². The minimum Gasteiger partial charge on any atom is -0.267 e. The van der Waals surface area contributed by atoms with Crippen LogP contribution in [-0.4, -0.2) is 19.7 Å². The maximum Gasteiger partial charge on any atom is 0.270 e. The van der Waals surface area contributed by atoms with E-state index in [-0.39, 0.29) is 5.69 Å². The topological polar surface area (TPSA) is 73.8 Å². The van der Waals surface area contributed by atoms with Gasteiger partial charge in [-0.2, -0.15) is 5.10 Å². The molecule has 0 amide bonds. The summed E-state index contributed by atoms with van der Waals surface area (Å²) < 4.78 is 1.68. The van der Waals surface area contributed by atoms with Crippen molar-refractivity contribution in [3.05, 3.63) is 51.8 Å². The van der Waals surface area contributed by atoms with Crippen LogP contribution in [0.1, 0.15) is 0 Å². The van der Waals surface area contributed by atoms with E-state index in [0.717, 1.165) is 11.1 Å². The zero-order valence-corrected chi connectivity index (χ0v) is 11.2. The number of rotatable bonds is 2. The molecule has 0 saturated carbocycles. The number of aromatic nitrogens is 3. The highest BCUT2D eigenvalue weighted by Gasteiger charge is 2.15. The average molecular weight is 289 g/mol. The predicted octanol–water partition coefficient (Wildman–Crippen LogP) is 3.20. The second kappa shape index (κ2) is 4.57. The standard InChI is InChI=1S/C13H9ClN4O2/c1-17-11-3-2-9(18(19)20)7-10(11)13(16-17)8-4-5-15-12(14)6-8/h2-7H,1H3. The highest BCUT2D eigenvalue weighted by Crippen LogP contribution is 2.30. The van der Waals surface area contributed by atoms with Crippen molar-refractivity contribution in [3.8, 4) is 11.3 Å². The van der Waals surface area contributed by atoms with Crippen LogP contribution in [0.5, 0.6) is 0 Å². The maximum absolute atomic E-state index is 10.9. The average Bonchev–Trinajstić information content (AvgIpc) is 2.76. The lowest BCUT2D eigenvalue weighted by Crippen LogP contribution is -1.90. The molecule has 0 bridgehead atoms. The number of halogens is 1. The fraction of sp³-hybridized carbons (Fsp3) is 0.0769. The molecule has 1 aromatic carbocycles. The van der Waals surface area contributed by atoms with E-state index < -0.39 is 4.92 Å². The molecule has 0 N–H and O–H groups in total. The molecule has 20 heavy (non-hydrogen) atoms. The second-order valence-electron chi connectivity index (χ2n) is 4.30. The lowest BCUT2D eigenvalue weighted by Gasteiger charge is -1.98. The van der Waals surface area contributed by atoms with Gasteiger partial charge in [-0.05, 0) is 18.2 Å². The summed E-state index contributed by atoms with van der Waals surface area (Å²) >= 11 is 5.88. The first-order chi connectivity index (χ1) is 9.56. The number of aryl methyl sites for hydroxylation is 1. The molecule has 0 spiro atoms. The number of pyridine rings is 1. The van der Waals surface area contributed by atoms with Gasteiger partial charge in [-0.15, -0.1) is 0 Å². The van der Waals surface area contributed by atoms with Crippen LogP contribution in [0, 0.1) is 10.1 Å². The summed E-state index contributed by atoms with van der Waals surface area (Å²) in [4.78, 5) is 14.4. The van der Waals surface area contributed by atoms with Gasteiger partial charge in [-0.25, -0.2) is 4.98 Å². The molecule has 2 heterocycles. The van der Waals surface area contributed by atoms with Crippen molar-refractivity contribution < 1.29 is 4.92 Å². The molecule has 0 atom stereocenters. The van der Waals surface area contributed by atoms with Crippen molar-refractivity contribution in [1.29, 1.82) is 0 Å². The Hall–Kier alpha value is -2.47. The van der Waals surface area contributed by atoms with Crippen LogP contribution in [0.4, 0.5) is 5.69 Å². The summed E-state index contributed by atoms with van der Waals surface area (Å²) in [5, 5.41) is 16.4. The minimum absolute atomic E-state index is 0.0342. The van der Waals surface area contributed by atoms with Gasteiger partial charge in [0.2, 0.25) is 0 Å². The SMILES string of the molecule is Cn1nc(-c2ccnc(Cl)c2)c2cc([N+](=O)[O-])ccc21. The fourth-order valence-corrected chi connectivity index (χ4v) is 2.30. The largest absolute Gasteiger partial charge is 0.270 e. The summed E-state index contributed by atoms with van der Waals surface area (Å²) in [6.45, 7) is 0. The van der Waals surface area contributed by atoms with Crippen molar-refractivity contribution in [2.75, 3.05) is 0 Å². The van der Waals surface area contributed by atoms with Crippen LogP contribution in [0.15, 0.2) is 36.5 Å². The molecule has 3 rings (SSSR count). The maximum atomic E-state index is 10.9. The number of benzene rings is 1. The number of nitro benzene ring substituents is 1. The third-order valence-corrected chi connectivity index (χ3v) is 3.25. The molecule has 7 heteroatoms. The highest BCUT2D eigenvalue weighted by molar-refractivity contribution is 6.29. The zero-order chi connectivity index (χ0) is 14.3. The number of nitro groups is 1. The van der Waals surface area contributed by atoms with Crippen LogP contribution in [0.3, 0.4) is 0 Å². The predicted molar refractivity (Wildman–Crippen MR) is 75.6 cm³/mol. The molecule has 100 valence electrons. The number of hydrogen-bond donors (Lipinski definition) is 0. The van der Waals surface area contributed by atoms with Gasteiger partial charge in [0.05, 0.1) is 10.4 Å². The molecular formula is C13H9ClN4O2. The number of hydrogen-bond acceptors (Lipinski definition) is 4. The minimum atomic E-state index is -0.421. The quantitative estimate of drug-likeness (QED) is 0.412. The van der Waals surface area contributed by atoms with E-state index in [1.54, 1.807) is 36.1 Å². The van der Waals surface area contributed by atoms with E-state index in [2.05, 4.69) is 10.1 Å². The summed E-state index contributed by atoms with van der Waals surface area (Å²) in [7, 11) is 1.79. The van der Waals surface area contributed by atoms with Gasteiger partial charge < -0.3 is 0 Å². The van der Waals surface area contributed by atoms with Crippen LogP contribution in [-0.2, 0) is 7.05 Å². The summed E-state index contributed by atoms with van der Waals surface area (Å²) in [5.74, 6) is 0. The molecule has 0 fully saturated rings. The van der Waals surface area contributed by atoms with Crippen LogP contribution < -0.4 is 0 Å². The molecule has 0 aliphatic rings. The van der Waals surface area contributed by atoms with E-state index >= 15 is 0 Å². The van der Waals surface area contributed by atoms with Crippen LogP contribution >= 0.6 is 11.6 Å². The van der Waals surface area contributed by atoms with Gasteiger partial charge in [-0.3, -0.25) is 14.8 Å². The Morgan fingerprint density at radius 1 is 1.30 bits per heavy atom. The Kier molecular flexibility index (Phi) is 2.87. The summed E-state index contributed by atoms with van der Waals surface area (Å²) in [6.07, 6.45) is 1.58. The van der Waals surface area contributed by atoms with Crippen molar-refractivity contribution in [3.63, 3.8) is 0 Å². The molecule has 0 radical (unpaired) electrons. The highest BCUT2D eigenvalue weighted by atomic mass is 35.5. The fourth-order valence-electron chi connectivity index (χ4n) is 2.13. The summed E-state index contributed by atoms with van der Waals surface area (Å²) in [5.41, 5.74) is 2.28.